The SMILES string of the molecule is CN(CC(=O)Nc1c(Cl)cccc1Cl)CC(=O)OC(C)(C)C. The lowest BCUT2D eigenvalue weighted by atomic mass is 10.2. The van der Waals surface area contributed by atoms with Gasteiger partial charge in [0.25, 0.3) is 0 Å². The normalized spacial score (nSPS) is 11.4. The van der Waals surface area contributed by atoms with E-state index in [0.717, 1.165) is 0 Å². The van der Waals surface area contributed by atoms with Gasteiger partial charge < -0.3 is 10.1 Å². The van der Waals surface area contributed by atoms with Crippen LogP contribution in [-0.4, -0.2) is 42.5 Å². The van der Waals surface area contributed by atoms with Crippen LogP contribution >= 0.6 is 23.2 Å². The molecule has 0 heterocycles. The monoisotopic (exact) mass is 346 g/mol. The van der Waals surface area contributed by atoms with Gasteiger partial charge in [-0.15, -0.1) is 0 Å². The largest absolute Gasteiger partial charge is 0.459 e. The lowest BCUT2D eigenvalue weighted by molar-refractivity contribution is -0.155. The highest BCUT2D eigenvalue weighted by molar-refractivity contribution is 6.39. The van der Waals surface area contributed by atoms with Crippen LogP contribution < -0.4 is 5.32 Å². The van der Waals surface area contributed by atoms with Crippen molar-refractivity contribution in [1.82, 2.24) is 4.90 Å². The van der Waals surface area contributed by atoms with E-state index < -0.39 is 11.6 Å². The van der Waals surface area contributed by atoms with Crippen molar-refractivity contribution < 1.29 is 14.3 Å². The minimum Gasteiger partial charge on any atom is -0.459 e. The van der Waals surface area contributed by atoms with Gasteiger partial charge in [0, 0.05) is 0 Å². The number of amides is 1. The van der Waals surface area contributed by atoms with Crippen molar-refractivity contribution in [2.24, 2.45) is 0 Å². The van der Waals surface area contributed by atoms with E-state index in [1.54, 1.807) is 50.9 Å². The van der Waals surface area contributed by atoms with Gasteiger partial charge in [-0.3, -0.25) is 14.5 Å². The van der Waals surface area contributed by atoms with Crippen LogP contribution in [0, 0.1) is 0 Å². The fourth-order valence-corrected chi connectivity index (χ4v) is 2.18. The molecule has 0 spiro atoms. The van der Waals surface area contributed by atoms with Gasteiger partial charge in [-0.05, 0) is 40.0 Å². The Balaban J connectivity index is 2.53. The second-order valence-electron chi connectivity index (χ2n) is 5.90. The molecule has 0 unspecified atom stereocenters. The van der Waals surface area contributed by atoms with Crippen molar-refractivity contribution in [2.75, 3.05) is 25.5 Å². The second-order valence-corrected chi connectivity index (χ2v) is 6.72. The van der Waals surface area contributed by atoms with Crippen LogP contribution in [0.2, 0.25) is 10.0 Å². The minimum atomic E-state index is -0.550. The third-order valence-corrected chi connectivity index (χ3v) is 3.09. The summed E-state index contributed by atoms with van der Waals surface area (Å²) in [5.41, 5.74) is -0.188. The molecular formula is C15H20Cl2N2O3. The first kappa shape index (κ1) is 18.7. The maximum absolute atomic E-state index is 12.0. The molecule has 1 aromatic rings. The molecule has 1 rings (SSSR count). The Labute approximate surface area is 140 Å². The third kappa shape index (κ3) is 6.64. The van der Waals surface area contributed by atoms with Crippen molar-refractivity contribution in [3.63, 3.8) is 0 Å². The maximum atomic E-state index is 12.0. The van der Waals surface area contributed by atoms with Gasteiger partial charge in [-0.1, -0.05) is 29.3 Å². The van der Waals surface area contributed by atoms with Crippen molar-refractivity contribution in [2.45, 2.75) is 26.4 Å². The summed E-state index contributed by atoms with van der Waals surface area (Å²) in [5.74, 6) is -0.709. The summed E-state index contributed by atoms with van der Waals surface area (Å²) in [7, 11) is 1.65. The highest BCUT2D eigenvalue weighted by Gasteiger charge is 2.19. The molecule has 0 radical (unpaired) electrons. The highest BCUT2D eigenvalue weighted by atomic mass is 35.5. The van der Waals surface area contributed by atoms with Crippen LogP contribution in [-0.2, 0) is 14.3 Å². The topological polar surface area (TPSA) is 58.6 Å². The lowest BCUT2D eigenvalue weighted by Crippen LogP contribution is -2.37. The van der Waals surface area contributed by atoms with E-state index in [1.807, 2.05) is 0 Å². The number of likely N-dealkylation sites (N-methyl/N-ethyl adjacent to an activating group) is 1. The van der Waals surface area contributed by atoms with E-state index in [1.165, 1.54) is 0 Å². The first-order valence-electron chi connectivity index (χ1n) is 6.73. The van der Waals surface area contributed by atoms with Crippen molar-refractivity contribution in [3.8, 4) is 0 Å². The third-order valence-electron chi connectivity index (χ3n) is 2.46. The molecule has 0 aromatic heterocycles. The summed E-state index contributed by atoms with van der Waals surface area (Å²) >= 11 is 12.0. The smallest absolute Gasteiger partial charge is 0.320 e. The molecule has 0 fully saturated rings. The van der Waals surface area contributed by atoms with E-state index >= 15 is 0 Å². The zero-order chi connectivity index (χ0) is 16.9. The predicted octanol–water partition coefficient (Wildman–Crippen LogP) is 3.21. The van der Waals surface area contributed by atoms with Crippen LogP contribution in [0.1, 0.15) is 20.8 Å². The number of hydrogen-bond donors (Lipinski definition) is 1. The number of para-hydroxylation sites is 1. The molecule has 22 heavy (non-hydrogen) atoms. The number of benzene rings is 1. The molecule has 1 amide bonds. The van der Waals surface area contributed by atoms with Gasteiger partial charge in [0.2, 0.25) is 5.91 Å². The number of halogens is 2. The van der Waals surface area contributed by atoms with E-state index in [2.05, 4.69) is 5.32 Å². The Hall–Kier alpha value is -1.30. The van der Waals surface area contributed by atoms with Crippen molar-refractivity contribution >= 4 is 40.8 Å². The van der Waals surface area contributed by atoms with Crippen LogP contribution in [0.25, 0.3) is 0 Å². The number of nitrogens with one attached hydrogen (secondary N) is 1. The molecule has 0 bridgehead atoms. The van der Waals surface area contributed by atoms with Gasteiger partial charge in [0.15, 0.2) is 0 Å². The molecule has 1 N–H and O–H groups in total. The summed E-state index contributed by atoms with van der Waals surface area (Å²) in [5, 5.41) is 3.35. The Morgan fingerprint density at radius 1 is 1.18 bits per heavy atom. The van der Waals surface area contributed by atoms with E-state index in [0.29, 0.717) is 15.7 Å². The van der Waals surface area contributed by atoms with Crippen LogP contribution in [0.3, 0.4) is 0 Å². The summed E-state index contributed by atoms with van der Waals surface area (Å²) in [6.07, 6.45) is 0. The number of carbonyl (C=O) groups is 2. The molecule has 5 nitrogen and oxygen atoms in total. The summed E-state index contributed by atoms with van der Waals surface area (Å²) < 4.78 is 5.19. The average molecular weight is 347 g/mol. The molecule has 0 aliphatic carbocycles. The number of hydrogen-bond acceptors (Lipinski definition) is 4. The lowest BCUT2D eigenvalue weighted by Gasteiger charge is -2.22. The highest BCUT2D eigenvalue weighted by Crippen LogP contribution is 2.29. The molecule has 0 saturated carbocycles. The Kier molecular flexibility index (Phi) is 6.66. The van der Waals surface area contributed by atoms with Crippen LogP contribution in [0.4, 0.5) is 5.69 Å². The molecule has 0 atom stereocenters. The molecule has 7 heteroatoms. The fourth-order valence-electron chi connectivity index (χ4n) is 1.69. The fraction of sp³-hybridized carbons (Fsp3) is 0.467. The minimum absolute atomic E-state index is 0.0147. The Morgan fingerprint density at radius 2 is 1.73 bits per heavy atom. The first-order chi connectivity index (χ1) is 10.1. The summed E-state index contributed by atoms with van der Waals surface area (Å²) in [6.45, 7) is 5.40. The maximum Gasteiger partial charge on any atom is 0.320 e. The predicted molar refractivity (Wildman–Crippen MR) is 88.4 cm³/mol. The van der Waals surface area contributed by atoms with Gasteiger partial charge in [0.1, 0.15) is 5.60 Å². The molecule has 0 aliphatic heterocycles. The number of anilines is 1. The Bertz CT molecular complexity index is 536. The average Bonchev–Trinajstić information content (AvgIpc) is 2.31. The molecule has 122 valence electrons. The van der Waals surface area contributed by atoms with Crippen LogP contribution in [0.5, 0.6) is 0 Å². The van der Waals surface area contributed by atoms with Crippen LogP contribution in [0.15, 0.2) is 18.2 Å². The first-order valence-corrected chi connectivity index (χ1v) is 7.48. The van der Waals surface area contributed by atoms with Gasteiger partial charge in [-0.2, -0.15) is 0 Å². The number of carbonyl (C=O) groups excluding carboxylic acids is 2. The number of rotatable bonds is 5. The van der Waals surface area contributed by atoms with E-state index in [-0.39, 0.29) is 19.0 Å². The second kappa shape index (κ2) is 7.81. The van der Waals surface area contributed by atoms with Gasteiger partial charge in [0.05, 0.1) is 28.8 Å². The molecule has 0 aliphatic rings. The zero-order valence-corrected chi connectivity index (χ0v) is 14.6. The molecule has 0 saturated heterocycles. The standard InChI is InChI=1S/C15H20Cl2N2O3/c1-15(2,3)22-13(21)9-19(4)8-12(20)18-14-10(16)6-5-7-11(14)17/h5-7H,8-9H2,1-4H3,(H,18,20). The number of nitrogens with zero attached hydrogens (tertiary/aromatic N) is 1. The van der Waals surface area contributed by atoms with Gasteiger partial charge >= 0.3 is 5.97 Å². The summed E-state index contributed by atoms with van der Waals surface area (Å²) in [6, 6.07) is 4.95. The number of esters is 1. The van der Waals surface area contributed by atoms with E-state index in [9.17, 15) is 9.59 Å². The van der Waals surface area contributed by atoms with E-state index in [4.69, 9.17) is 27.9 Å². The molecular weight excluding hydrogens is 327 g/mol. The zero-order valence-electron chi connectivity index (χ0n) is 13.1. The van der Waals surface area contributed by atoms with Crippen molar-refractivity contribution in [1.29, 1.82) is 0 Å². The van der Waals surface area contributed by atoms with Crippen molar-refractivity contribution in [3.05, 3.63) is 28.2 Å². The number of ether oxygens (including phenoxy) is 1. The van der Waals surface area contributed by atoms with Gasteiger partial charge in [-0.25, -0.2) is 0 Å². The Morgan fingerprint density at radius 3 is 2.23 bits per heavy atom. The molecule has 1 aromatic carbocycles. The quantitative estimate of drug-likeness (QED) is 0.831. The summed E-state index contributed by atoms with van der Waals surface area (Å²) in [4.78, 5) is 25.2.